The first-order valence-corrected chi connectivity index (χ1v) is 6.49. The van der Waals surface area contributed by atoms with Crippen molar-refractivity contribution in [1.29, 1.82) is 5.26 Å². The topological polar surface area (TPSA) is 78.2 Å². The quantitative estimate of drug-likeness (QED) is 0.508. The van der Waals surface area contributed by atoms with Crippen LogP contribution in [0.25, 0.3) is 0 Å². The van der Waals surface area contributed by atoms with Gasteiger partial charge >= 0.3 is 12.1 Å². The Morgan fingerprint density at radius 3 is 2.65 bits per heavy atom. The van der Waals surface area contributed by atoms with Crippen molar-refractivity contribution in [3.8, 4) is 6.07 Å². The Morgan fingerprint density at radius 2 is 2.17 bits per heavy atom. The number of carbonyl (C=O) groups excluding carboxylic acids is 1. The lowest BCUT2D eigenvalue weighted by molar-refractivity contribution is -0.138. The molecular weight excluding hydrogens is 313 g/mol. The third kappa shape index (κ3) is 4.88. The Labute approximate surface area is 131 Å². The highest BCUT2D eigenvalue weighted by Gasteiger charge is 2.35. The zero-order chi connectivity index (χ0) is 17.6. The van der Waals surface area contributed by atoms with E-state index in [4.69, 9.17) is 5.26 Å². The molecule has 0 spiro atoms. The summed E-state index contributed by atoms with van der Waals surface area (Å²) in [6.07, 6.45) is -2.45. The molecule has 0 saturated carbocycles. The number of ether oxygens (including phenoxy) is 1. The first-order chi connectivity index (χ1) is 10.7. The van der Waals surface area contributed by atoms with E-state index >= 15 is 0 Å². The monoisotopic (exact) mass is 328 g/mol. The standard InChI is InChI=1S/C14H15F3N4O2/c1-4-23-13(22)9(6-18)7-19-10-5-11(14(15,16)17)12(20-8-10)21(2)3/h5,7-8,19H,4H2,1-3H3/b9-7+. The molecule has 0 atom stereocenters. The van der Waals surface area contributed by atoms with Gasteiger partial charge in [0.1, 0.15) is 17.5 Å². The number of hydrogen-bond donors (Lipinski definition) is 1. The fourth-order valence-electron chi connectivity index (χ4n) is 1.60. The van der Waals surface area contributed by atoms with Crippen molar-refractivity contribution in [2.24, 2.45) is 0 Å². The van der Waals surface area contributed by atoms with Gasteiger partial charge in [0.2, 0.25) is 0 Å². The van der Waals surface area contributed by atoms with E-state index in [0.717, 1.165) is 12.3 Å². The van der Waals surface area contributed by atoms with E-state index in [2.05, 4.69) is 15.0 Å². The van der Waals surface area contributed by atoms with E-state index in [1.807, 2.05) is 0 Å². The summed E-state index contributed by atoms with van der Waals surface area (Å²) in [6, 6.07) is 2.45. The summed E-state index contributed by atoms with van der Waals surface area (Å²) >= 11 is 0. The molecule has 9 heteroatoms. The molecule has 1 aromatic rings. The van der Waals surface area contributed by atoms with Crippen LogP contribution < -0.4 is 10.2 Å². The number of aromatic nitrogens is 1. The van der Waals surface area contributed by atoms with Gasteiger partial charge in [-0.25, -0.2) is 9.78 Å². The van der Waals surface area contributed by atoms with Crippen molar-refractivity contribution in [1.82, 2.24) is 4.98 Å². The highest BCUT2D eigenvalue weighted by molar-refractivity contribution is 5.93. The van der Waals surface area contributed by atoms with Gasteiger partial charge in [-0.3, -0.25) is 0 Å². The van der Waals surface area contributed by atoms with Gasteiger partial charge in [0, 0.05) is 20.3 Å². The molecule has 0 unspecified atom stereocenters. The van der Waals surface area contributed by atoms with Gasteiger partial charge in [0.05, 0.1) is 18.5 Å². The molecule has 0 aliphatic carbocycles. The minimum absolute atomic E-state index is 0.0139. The number of anilines is 2. The van der Waals surface area contributed by atoms with Crippen molar-refractivity contribution < 1.29 is 22.7 Å². The van der Waals surface area contributed by atoms with Gasteiger partial charge in [-0.05, 0) is 13.0 Å². The molecule has 0 amide bonds. The van der Waals surface area contributed by atoms with E-state index < -0.39 is 17.7 Å². The van der Waals surface area contributed by atoms with Crippen LogP contribution in [0.4, 0.5) is 24.7 Å². The van der Waals surface area contributed by atoms with Crippen molar-refractivity contribution >= 4 is 17.5 Å². The highest BCUT2D eigenvalue weighted by atomic mass is 19.4. The third-order valence-electron chi connectivity index (χ3n) is 2.59. The fraction of sp³-hybridized carbons (Fsp3) is 0.357. The number of hydrogen-bond acceptors (Lipinski definition) is 6. The van der Waals surface area contributed by atoms with Gasteiger partial charge in [-0.15, -0.1) is 0 Å². The molecule has 0 saturated heterocycles. The molecule has 0 aromatic carbocycles. The normalized spacial score (nSPS) is 11.6. The van der Waals surface area contributed by atoms with Crippen LogP contribution >= 0.6 is 0 Å². The van der Waals surface area contributed by atoms with E-state index in [1.165, 1.54) is 25.2 Å². The molecule has 1 heterocycles. The van der Waals surface area contributed by atoms with Crippen molar-refractivity contribution in [3.05, 3.63) is 29.6 Å². The average Bonchev–Trinajstić information content (AvgIpc) is 2.47. The molecule has 0 aliphatic heterocycles. The minimum Gasteiger partial charge on any atom is -0.462 e. The molecular formula is C14H15F3N4O2. The van der Waals surface area contributed by atoms with Crippen LogP contribution in [-0.2, 0) is 15.7 Å². The summed E-state index contributed by atoms with van der Waals surface area (Å²) < 4.78 is 43.8. The summed E-state index contributed by atoms with van der Waals surface area (Å²) in [5, 5.41) is 11.3. The van der Waals surface area contributed by atoms with E-state index in [0.29, 0.717) is 0 Å². The van der Waals surface area contributed by atoms with E-state index in [9.17, 15) is 18.0 Å². The van der Waals surface area contributed by atoms with Gasteiger partial charge in [-0.2, -0.15) is 18.4 Å². The minimum atomic E-state index is -4.59. The Morgan fingerprint density at radius 1 is 1.52 bits per heavy atom. The van der Waals surface area contributed by atoms with Crippen molar-refractivity contribution in [2.75, 3.05) is 30.9 Å². The van der Waals surface area contributed by atoms with Crippen molar-refractivity contribution in [2.45, 2.75) is 13.1 Å². The predicted octanol–water partition coefficient (Wildman–Crippen LogP) is 2.55. The molecule has 1 rings (SSSR count). The number of esters is 1. The highest BCUT2D eigenvalue weighted by Crippen LogP contribution is 2.36. The molecule has 1 N–H and O–H groups in total. The molecule has 124 valence electrons. The molecule has 0 aliphatic rings. The molecule has 6 nitrogen and oxygen atoms in total. The van der Waals surface area contributed by atoms with Crippen LogP contribution in [0, 0.1) is 11.3 Å². The van der Waals surface area contributed by atoms with Gasteiger partial charge in [0.15, 0.2) is 5.57 Å². The maximum atomic E-state index is 13.0. The Hall–Kier alpha value is -2.76. The number of halogens is 3. The van der Waals surface area contributed by atoms with Crippen LogP contribution in [0.3, 0.4) is 0 Å². The summed E-state index contributed by atoms with van der Waals surface area (Å²) in [5.41, 5.74) is -1.31. The van der Waals surface area contributed by atoms with E-state index in [1.54, 1.807) is 13.0 Å². The lowest BCUT2D eigenvalue weighted by Gasteiger charge is -2.18. The second-order valence-corrected chi connectivity index (χ2v) is 4.52. The first-order valence-electron chi connectivity index (χ1n) is 6.49. The SMILES string of the molecule is CCOC(=O)/C(C#N)=C/Nc1cnc(N(C)C)c(C(F)(F)F)c1. The zero-order valence-electron chi connectivity index (χ0n) is 12.7. The van der Waals surface area contributed by atoms with Crippen LogP contribution in [0.1, 0.15) is 12.5 Å². The Kier molecular flexibility index (Phi) is 5.95. The molecule has 0 fully saturated rings. The fourth-order valence-corrected chi connectivity index (χ4v) is 1.60. The predicted molar refractivity (Wildman–Crippen MR) is 77.5 cm³/mol. The average molecular weight is 328 g/mol. The number of pyridine rings is 1. The van der Waals surface area contributed by atoms with Crippen LogP contribution in [0.5, 0.6) is 0 Å². The third-order valence-corrected chi connectivity index (χ3v) is 2.59. The molecule has 0 radical (unpaired) electrons. The summed E-state index contributed by atoms with van der Waals surface area (Å²) in [7, 11) is 2.89. The van der Waals surface area contributed by atoms with Crippen LogP contribution in [0.15, 0.2) is 24.0 Å². The maximum absolute atomic E-state index is 13.0. The smallest absolute Gasteiger partial charge is 0.420 e. The number of nitrogens with zero attached hydrogens (tertiary/aromatic N) is 3. The second-order valence-electron chi connectivity index (χ2n) is 4.52. The maximum Gasteiger partial charge on any atom is 0.420 e. The number of nitrogens with one attached hydrogen (secondary N) is 1. The van der Waals surface area contributed by atoms with Crippen LogP contribution in [-0.4, -0.2) is 31.7 Å². The summed E-state index contributed by atoms with van der Waals surface area (Å²) in [5.74, 6) is -1.10. The number of carbonyl (C=O) groups is 1. The van der Waals surface area contributed by atoms with Crippen LogP contribution in [0.2, 0.25) is 0 Å². The lowest BCUT2D eigenvalue weighted by atomic mass is 10.2. The summed E-state index contributed by atoms with van der Waals surface area (Å²) in [4.78, 5) is 16.4. The Bertz CT molecular complexity index is 648. The summed E-state index contributed by atoms with van der Waals surface area (Å²) in [6.45, 7) is 1.65. The number of rotatable bonds is 5. The van der Waals surface area contributed by atoms with Crippen molar-refractivity contribution in [3.63, 3.8) is 0 Å². The number of alkyl halides is 3. The molecule has 0 bridgehead atoms. The number of nitriles is 1. The molecule has 23 heavy (non-hydrogen) atoms. The molecule has 1 aromatic heterocycles. The second kappa shape index (κ2) is 7.49. The van der Waals surface area contributed by atoms with Gasteiger partial charge in [0.25, 0.3) is 0 Å². The first kappa shape index (κ1) is 18.3. The zero-order valence-corrected chi connectivity index (χ0v) is 12.7. The Balaban J connectivity index is 3.11. The lowest BCUT2D eigenvalue weighted by Crippen LogP contribution is -2.18. The largest absolute Gasteiger partial charge is 0.462 e. The van der Waals surface area contributed by atoms with Gasteiger partial charge < -0.3 is 15.0 Å². The van der Waals surface area contributed by atoms with Gasteiger partial charge in [-0.1, -0.05) is 0 Å². The van der Waals surface area contributed by atoms with E-state index in [-0.39, 0.29) is 23.7 Å².